The van der Waals surface area contributed by atoms with Gasteiger partial charge < -0.3 is 0 Å². The highest BCUT2D eigenvalue weighted by molar-refractivity contribution is 8.00. The van der Waals surface area contributed by atoms with Crippen molar-refractivity contribution in [2.45, 2.75) is 23.1 Å². The molecule has 1 aromatic heterocycles. The Hall–Kier alpha value is -0.500. The molecule has 0 atom stereocenters. The summed E-state index contributed by atoms with van der Waals surface area (Å²) in [6.07, 6.45) is 4.60. The van der Waals surface area contributed by atoms with Gasteiger partial charge in [0.05, 0.1) is 5.03 Å². The highest BCUT2D eigenvalue weighted by Crippen LogP contribution is 2.37. The van der Waals surface area contributed by atoms with Gasteiger partial charge in [0.2, 0.25) is 0 Å². The Kier molecular flexibility index (Phi) is 1.63. The normalized spacial score (nSPS) is 17.2. The largest absolute Gasteiger partial charge is 0.250 e. The molecule has 1 aliphatic carbocycles. The Labute approximate surface area is 64.9 Å². The SMILES string of the molecule is c1ccc(SC2CC2)nc1. The van der Waals surface area contributed by atoms with Gasteiger partial charge in [-0.3, -0.25) is 0 Å². The van der Waals surface area contributed by atoms with E-state index in [4.69, 9.17) is 0 Å². The second-order valence-electron chi connectivity index (χ2n) is 2.49. The summed E-state index contributed by atoms with van der Waals surface area (Å²) >= 11 is 1.90. The molecular weight excluding hydrogens is 142 g/mol. The lowest BCUT2D eigenvalue weighted by molar-refractivity contribution is 1.13. The molecule has 2 heteroatoms. The number of thioether (sulfide) groups is 1. The third-order valence-corrected chi connectivity index (χ3v) is 2.74. The van der Waals surface area contributed by atoms with Gasteiger partial charge in [-0.05, 0) is 25.0 Å². The van der Waals surface area contributed by atoms with Crippen LogP contribution >= 0.6 is 11.8 Å². The van der Waals surface area contributed by atoms with Crippen LogP contribution < -0.4 is 0 Å². The van der Waals surface area contributed by atoms with Crippen LogP contribution in [0.4, 0.5) is 0 Å². The van der Waals surface area contributed by atoms with Crippen molar-refractivity contribution in [3.05, 3.63) is 24.4 Å². The van der Waals surface area contributed by atoms with E-state index in [1.807, 2.05) is 30.1 Å². The summed E-state index contributed by atoms with van der Waals surface area (Å²) < 4.78 is 0. The lowest BCUT2D eigenvalue weighted by Gasteiger charge is -1.94. The van der Waals surface area contributed by atoms with Gasteiger partial charge in [0.25, 0.3) is 0 Å². The molecule has 0 N–H and O–H groups in total. The molecule has 1 fully saturated rings. The smallest absolute Gasteiger partial charge is 0.0962 e. The molecule has 0 radical (unpaired) electrons. The number of aromatic nitrogens is 1. The molecule has 0 spiro atoms. The first-order valence-corrected chi connectivity index (χ1v) is 4.41. The van der Waals surface area contributed by atoms with E-state index in [1.54, 1.807) is 0 Å². The molecule has 1 heterocycles. The van der Waals surface area contributed by atoms with Gasteiger partial charge in [-0.1, -0.05) is 6.07 Å². The minimum absolute atomic E-state index is 0.870. The number of nitrogens with zero attached hydrogens (tertiary/aromatic N) is 1. The maximum absolute atomic E-state index is 4.22. The molecule has 1 aliphatic rings. The van der Waals surface area contributed by atoms with Crippen molar-refractivity contribution in [1.29, 1.82) is 0 Å². The molecule has 2 rings (SSSR count). The first-order valence-electron chi connectivity index (χ1n) is 3.53. The molecular formula is C8H9NS. The van der Waals surface area contributed by atoms with E-state index in [-0.39, 0.29) is 0 Å². The van der Waals surface area contributed by atoms with Crippen LogP contribution in [0.25, 0.3) is 0 Å². The summed E-state index contributed by atoms with van der Waals surface area (Å²) in [7, 11) is 0. The fourth-order valence-electron chi connectivity index (χ4n) is 0.773. The second kappa shape index (κ2) is 2.62. The molecule has 0 unspecified atom stereocenters. The third kappa shape index (κ3) is 1.51. The van der Waals surface area contributed by atoms with Crippen molar-refractivity contribution in [2.75, 3.05) is 0 Å². The van der Waals surface area contributed by atoms with Crippen LogP contribution in [0.2, 0.25) is 0 Å². The van der Waals surface area contributed by atoms with Gasteiger partial charge in [-0.25, -0.2) is 4.98 Å². The quantitative estimate of drug-likeness (QED) is 0.643. The zero-order valence-electron chi connectivity index (χ0n) is 5.66. The van der Waals surface area contributed by atoms with E-state index >= 15 is 0 Å². The van der Waals surface area contributed by atoms with Crippen LogP contribution in [0.5, 0.6) is 0 Å². The molecule has 0 aliphatic heterocycles. The van der Waals surface area contributed by atoms with E-state index < -0.39 is 0 Å². The average molecular weight is 151 g/mol. The second-order valence-corrected chi connectivity index (χ2v) is 3.81. The zero-order valence-corrected chi connectivity index (χ0v) is 6.47. The highest BCUT2D eigenvalue weighted by Gasteiger charge is 2.22. The standard InChI is InChI=1S/C8H9NS/c1-2-6-9-8(3-1)10-7-4-5-7/h1-3,6-7H,4-5H2. The van der Waals surface area contributed by atoms with Crippen LogP contribution in [0.1, 0.15) is 12.8 Å². The fraction of sp³-hybridized carbons (Fsp3) is 0.375. The van der Waals surface area contributed by atoms with E-state index in [2.05, 4.69) is 11.1 Å². The maximum atomic E-state index is 4.22. The topological polar surface area (TPSA) is 12.9 Å². The van der Waals surface area contributed by atoms with Gasteiger partial charge in [0.15, 0.2) is 0 Å². The van der Waals surface area contributed by atoms with Crippen molar-refractivity contribution < 1.29 is 0 Å². The molecule has 1 saturated carbocycles. The van der Waals surface area contributed by atoms with E-state index in [0.29, 0.717) is 0 Å². The summed E-state index contributed by atoms with van der Waals surface area (Å²) in [4.78, 5) is 4.22. The van der Waals surface area contributed by atoms with Gasteiger partial charge in [0, 0.05) is 11.4 Å². The van der Waals surface area contributed by atoms with Crippen molar-refractivity contribution in [1.82, 2.24) is 4.98 Å². The van der Waals surface area contributed by atoms with E-state index in [9.17, 15) is 0 Å². The third-order valence-electron chi connectivity index (χ3n) is 1.45. The maximum Gasteiger partial charge on any atom is 0.0962 e. The highest BCUT2D eigenvalue weighted by atomic mass is 32.2. The Morgan fingerprint density at radius 1 is 1.40 bits per heavy atom. The lowest BCUT2D eigenvalue weighted by Crippen LogP contribution is -1.78. The van der Waals surface area contributed by atoms with Crippen LogP contribution in [0, 0.1) is 0 Å². The number of pyridine rings is 1. The summed E-state index contributed by atoms with van der Waals surface area (Å²) in [5.74, 6) is 0. The summed E-state index contributed by atoms with van der Waals surface area (Å²) in [6, 6.07) is 6.07. The van der Waals surface area contributed by atoms with E-state index in [0.717, 1.165) is 5.25 Å². The Morgan fingerprint density at radius 3 is 2.90 bits per heavy atom. The van der Waals surface area contributed by atoms with Crippen molar-refractivity contribution in [3.63, 3.8) is 0 Å². The minimum atomic E-state index is 0.870. The van der Waals surface area contributed by atoms with Crippen molar-refractivity contribution >= 4 is 11.8 Å². The molecule has 0 bridgehead atoms. The molecule has 1 nitrogen and oxygen atoms in total. The molecule has 52 valence electrons. The van der Waals surface area contributed by atoms with Crippen molar-refractivity contribution in [3.8, 4) is 0 Å². The minimum Gasteiger partial charge on any atom is -0.250 e. The Bertz CT molecular complexity index is 206. The number of hydrogen-bond donors (Lipinski definition) is 0. The van der Waals surface area contributed by atoms with Crippen molar-refractivity contribution in [2.24, 2.45) is 0 Å². The molecule has 0 saturated heterocycles. The monoisotopic (exact) mass is 151 g/mol. The lowest BCUT2D eigenvalue weighted by atomic mass is 10.5. The van der Waals surface area contributed by atoms with Crippen LogP contribution in [0.3, 0.4) is 0 Å². The molecule has 0 aromatic carbocycles. The molecule has 0 amide bonds. The Balaban J connectivity index is 2.03. The Morgan fingerprint density at radius 2 is 2.30 bits per heavy atom. The first kappa shape index (κ1) is 6.23. The average Bonchev–Trinajstić information content (AvgIpc) is 2.74. The molecule has 1 aromatic rings. The van der Waals surface area contributed by atoms with E-state index in [1.165, 1.54) is 17.9 Å². The van der Waals surface area contributed by atoms with Gasteiger partial charge >= 0.3 is 0 Å². The van der Waals surface area contributed by atoms with Gasteiger partial charge in [-0.15, -0.1) is 11.8 Å². The van der Waals surface area contributed by atoms with Crippen LogP contribution in [0.15, 0.2) is 29.4 Å². The number of hydrogen-bond acceptors (Lipinski definition) is 2. The summed E-state index contributed by atoms with van der Waals surface area (Å²) in [5, 5.41) is 2.04. The van der Waals surface area contributed by atoms with Crippen LogP contribution in [-0.4, -0.2) is 10.2 Å². The zero-order chi connectivity index (χ0) is 6.81. The van der Waals surface area contributed by atoms with Crippen LogP contribution in [-0.2, 0) is 0 Å². The predicted octanol–water partition coefficient (Wildman–Crippen LogP) is 2.34. The fourth-order valence-corrected chi connectivity index (χ4v) is 1.77. The number of rotatable bonds is 2. The van der Waals surface area contributed by atoms with Gasteiger partial charge in [0.1, 0.15) is 0 Å². The summed E-state index contributed by atoms with van der Waals surface area (Å²) in [6.45, 7) is 0. The summed E-state index contributed by atoms with van der Waals surface area (Å²) in [5.41, 5.74) is 0. The first-order chi connectivity index (χ1) is 4.95. The predicted molar refractivity (Wildman–Crippen MR) is 43.1 cm³/mol. The van der Waals surface area contributed by atoms with Gasteiger partial charge in [-0.2, -0.15) is 0 Å². The molecule has 10 heavy (non-hydrogen) atoms.